The summed E-state index contributed by atoms with van der Waals surface area (Å²) < 4.78 is 20.1. The van der Waals surface area contributed by atoms with Gasteiger partial charge in [-0.1, -0.05) is 39.0 Å². The van der Waals surface area contributed by atoms with E-state index < -0.39 is 59.0 Å². The lowest BCUT2D eigenvalue weighted by Crippen LogP contribution is -2.65. The molecule has 0 amide bonds. The van der Waals surface area contributed by atoms with Gasteiger partial charge in [-0.25, -0.2) is 9.18 Å². The number of rotatable bonds is 3. The molecule has 5 rings (SSSR count). The number of hydrogen-bond donors (Lipinski definition) is 4. The minimum atomic E-state index is -2.28. The van der Waals surface area contributed by atoms with Crippen molar-refractivity contribution in [2.45, 2.75) is 51.9 Å². The molecule has 0 aliphatic heterocycles. The minimum Gasteiger partial charge on any atom is -0.451 e. The van der Waals surface area contributed by atoms with E-state index in [1.54, 1.807) is 19.1 Å². The Bertz CT molecular complexity index is 1170. The number of nitrogen functional groups attached to an aromatic ring is 1. The van der Waals surface area contributed by atoms with Gasteiger partial charge in [0.2, 0.25) is 0 Å². The summed E-state index contributed by atoms with van der Waals surface area (Å²) in [5.74, 6) is -2.99. The number of anilines is 1. The summed E-state index contributed by atoms with van der Waals surface area (Å²) in [5, 5.41) is 34.0. The average Bonchev–Trinajstić information content (AvgIpc) is 3.27. The van der Waals surface area contributed by atoms with E-state index >= 15 is 0 Å². The monoisotopic (exact) mass is 485 g/mol. The summed E-state index contributed by atoms with van der Waals surface area (Å²) in [7, 11) is 0. The van der Waals surface area contributed by atoms with Crippen molar-refractivity contribution < 1.29 is 34.0 Å². The summed E-state index contributed by atoms with van der Waals surface area (Å²) in [6, 6.07) is 3.79. The second-order valence-corrected chi connectivity index (χ2v) is 11.4. The molecule has 0 radical (unpaired) electrons. The fraction of sp³-hybridized carbons (Fsp3) is 0.556. The van der Waals surface area contributed by atoms with E-state index in [9.17, 15) is 29.3 Å². The normalized spacial score (nSPS) is 41.1. The van der Waals surface area contributed by atoms with Crippen molar-refractivity contribution in [2.24, 2.45) is 34.5 Å². The van der Waals surface area contributed by atoms with Crippen LogP contribution in [0.2, 0.25) is 0 Å². The number of esters is 1. The van der Waals surface area contributed by atoms with Gasteiger partial charge < -0.3 is 25.8 Å². The zero-order chi connectivity index (χ0) is 25.7. The molecule has 2 fully saturated rings. The van der Waals surface area contributed by atoms with Crippen molar-refractivity contribution in [3.63, 3.8) is 0 Å². The van der Waals surface area contributed by atoms with Crippen LogP contribution in [0.5, 0.6) is 0 Å². The number of aliphatic hydroxyl groups is 3. The van der Waals surface area contributed by atoms with Gasteiger partial charge in [-0.15, -0.1) is 0 Å². The number of Topliss-reactive ketones (excluding diaryl/α,β-unsaturated/α-hetero) is 1. The summed E-state index contributed by atoms with van der Waals surface area (Å²) in [4.78, 5) is 27.4. The quantitative estimate of drug-likeness (QED) is 0.294. The Morgan fingerprint density at radius 2 is 2.00 bits per heavy atom. The van der Waals surface area contributed by atoms with Crippen LogP contribution in [-0.4, -0.2) is 51.5 Å². The molecule has 7 nitrogen and oxygen atoms in total. The van der Waals surface area contributed by atoms with Crippen LogP contribution in [0.25, 0.3) is 0 Å². The van der Waals surface area contributed by atoms with Gasteiger partial charge in [0.1, 0.15) is 17.5 Å². The molecular formula is C27H32FNO6. The fourth-order valence-electron chi connectivity index (χ4n) is 7.52. The first-order valence-corrected chi connectivity index (χ1v) is 12.0. The number of halogens is 1. The van der Waals surface area contributed by atoms with E-state index in [0.717, 1.165) is 6.07 Å². The van der Waals surface area contributed by atoms with Gasteiger partial charge in [-0.05, 0) is 59.8 Å². The molecule has 0 aromatic heterocycles. The van der Waals surface area contributed by atoms with Crippen LogP contribution in [-0.2, 0) is 9.53 Å². The molecule has 5 N–H and O–H groups in total. The first-order valence-electron chi connectivity index (χ1n) is 12.0. The lowest BCUT2D eigenvalue weighted by Gasteiger charge is -2.48. The van der Waals surface area contributed by atoms with E-state index in [-0.39, 0.29) is 34.3 Å². The highest BCUT2D eigenvalue weighted by Gasteiger charge is 2.76. The predicted molar refractivity (Wildman–Crippen MR) is 125 cm³/mol. The Hall–Kier alpha value is -2.55. The van der Waals surface area contributed by atoms with Crippen LogP contribution < -0.4 is 5.73 Å². The molecule has 35 heavy (non-hydrogen) atoms. The molecule has 1 spiro atoms. The highest BCUT2D eigenvalue weighted by molar-refractivity contribution is 5.97. The number of carbonyl (C=O) groups excluding carboxylic acids is 2. The van der Waals surface area contributed by atoms with Crippen LogP contribution in [0, 0.1) is 40.3 Å². The maximum atomic E-state index is 14.5. The molecule has 0 saturated heterocycles. The van der Waals surface area contributed by atoms with Crippen molar-refractivity contribution in [1.82, 2.24) is 0 Å². The third-order valence-corrected chi connectivity index (χ3v) is 9.37. The average molecular weight is 486 g/mol. The van der Waals surface area contributed by atoms with Gasteiger partial charge in [-0.3, -0.25) is 4.79 Å². The molecule has 2 bridgehead atoms. The van der Waals surface area contributed by atoms with Crippen LogP contribution in [0.1, 0.15) is 44.5 Å². The van der Waals surface area contributed by atoms with Gasteiger partial charge >= 0.3 is 5.97 Å². The Kier molecular flexibility index (Phi) is 5.16. The standard InChI is InChI=1S/C27H32FNO6/c1-12-10-26-13(2)8-16-20(25(16,3)4)15(22(26)32)9-14(11-30)21(31)27(26,34)23(12)35-24(33)19-17(28)6-5-7-18(19)29/h5-7,9-10,13,15-16,20-21,23,30-31,34H,8,11,29H2,1-4H3/t13-,15+,16-,20-,21-,23+,26+,27+/m1/s1. The number of aliphatic hydroxyl groups excluding tert-OH is 2. The lowest BCUT2D eigenvalue weighted by molar-refractivity contribution is -0.190. The number of benzene rings is 1. The SMILES string of the molecule is CC1=C[C@]23C(=O)[C@@H](C=C(CO)[C@@H](O)[C@]2(O)[C@H]1OC(=O)c1c(N)cccc1F)[C@@H]1[C@@H](C[C@H]3C)C1(C)C. The van der Waals surface area contributed by atoms with Gasteiger partial charge in [0, 0.05) is 11.6 Å². The third kappa shape index (κ3) is 2.87. The van der Waals surface area contributed by atoms with Crippen molar-refractivity contribution in [3.05, 3.63) is 52.9 Å². The van der Waals surface area contributed by atoms with Crippen LogP contribution in [0.3, 0.4) is 0 Å². The molecule has 188 valence electrons. The highest BCUT2D eigenvalue weighted by Crippen LogP contribution is 2.71. The topological polar surface area (TPSA) is 130 Å². The van der Waals surface area contributed by atoms with Crippen molar-refractivity contribution >= 4 is 17.4 Å². The Balaban J connectivity index is 1.65. The van der Waals surface area contributed by atoms with Crippen molar-refractivity contribution in [3.8, 4) is 0 Å². The predicted octanol–water partition coefficient (Wildman–Crippen LogP) is 2.40. The third-order valence-electron chi connectivity index (χ3n) is 9.37. The number of hydrogen-bond acceptors (Lipinski definition) is 7. The first kappa shape index (κ1) is 24.2. The van der Waals surface area contributed by atoms with Crippen LogP contribution in [0.15, 0.2) is 41.5 Å². The maximum absolute atomic E-state index is 14.5. The van der Waals surface area contributed by atoms with Crippen molar-refractivity contribution in [1.29, 1.82) is 0 Å². The molecule has 8 atom stereocenters. The van der Waals surface area contributed by atoms with Crippen LogP contribution in [0.4, 0.5) is 10.1 Å². The van der Waals surface area contributed by atoms with Crippen LogP contribution >= 0.6 is 0 Å². The minimum absolute atomic E-state index is 0.0152. The van der Waals surface area contributed by atoms with E-state index in [1.807, 2.05) is 6.92 Å². The molecule has 4 aliphatic rings. The lowest BCUT2D eigenvalue weighted by atomic mass is 9.59. The van der Waals surface area contributed by atoms with Crippen molar-refractivity contribution in [2.75, 3.05) is 12.3 Å². The number of nitrogens with two attached hydrogens (primary N) is 1. The number of carbonyl (C=O) groups is 2. The molecule has 1 aromatic rings. The van der Waals surface area contributed by atoms with Gasteiger partial charge in [0.25, 0.3) is 0 Å². The fourth-order valence-corrected chi connectivity index (χ4v) is 7.52. The van der Waals surface area contributed by atoms with E-state index in [4.69, 9.17) is 10.5 Å². The Morgan fingerprint density at radius 1 is 1.31 bits per heavy atom. The first-order chi connectivity index (χ1) is 16.3. The Labute approximate surface area is 203 Å². The molecular weight excluding hydrogens is 453 g/mol. The summed E-state index contributed by atoms with van der Waals surface area (Å²) in [6.45, 7) is 7.13. The second kappa shape index (κ2) is 7.48. The highest BCUT2D eigenvalue weighted by atomic mass is 19.1. The molecule has 1 aromatic carbocycles. The number of allylic oxidation sites excluding steroid dienone is 1. The maximum Gasteiger partial charge on any atom is 0.343 e. The zero-order valence-corrected chi connectivity index (χ0v) is 20.3. The van der Waals surface area contributed by atoms with Gasteiger partial charge in [0.15, 0.2) is 17.5 Å². The van der Waals surface area contributed by atoms with E-state index in [0.29, 0.717) is 12.0 Å². The van der Waals surface area contributed by atoms with Gasteiger partial charge in [-0.2, -0.15) is 0 Å². The molecule has 0 unspecified atom stereocenters. The molecule has 2 saturated carbocycles. The van der Waals surface area contributed by atoms with Gasteiger partial charge in [0.05, 0.1) is 12.0 Å². The Morgan fingerprint density at radius 3 is 2.63 bits per heavy atom. The smallest absolute Gasteiger partial charge is 0.343 e. The summed E-state index contributed by atoms with van der Waals surface area (Å²) >= 11 is 0. The summed E-state index contributed by atoms with van der Waals surface area (Å²) in [6.07, 6.45) is 0.734. The summed E-state index contributed by atoms with van der Waals surface area (Å²) in [5.41, 5.74) is 1.77. The zero-order valence-electron chi connectivity index (χ0n) is 20.3. The number of fused-ring (bicyclic) bond motifs is 3. The second-order valence-electron chi connectivity index (χ2n) is 11.4. The number of ether oxygens (including phenoxy) is 1. The largest absolute Gasteiger partial charge is 0.451 e. The van der Waals surface area contributed by atoms with E-state index in [2.05, 4.69) is 13.8 Å². The molecule has 0 heterocycles. The van der Waals surface area contributed by atoms with E-state index in [1.165, 1.54) is 12.1 Å². The number of ketones is 1. The molecule has 4 aliphatic carbocycles. The molecule has 8 heteroatoms.